The van der Waals surface area contributed by atoms with E-state index in [1.807, 2.05) is 10.7 Å². The molecule has 0 unspecified atom stereocenters. The van der Waals surface area contributed by atoms with E-state index in [1.54, 1.807) is 6.07 Å². The fraction of sp³-hybridized carbons (Fsp3) is 0.500. The van der Waals surface area contributed by atoms with Gasteiger partial charge in [0.2, 0.25) is 4.96 Å². The third-order valence-electron chi connectivity index (χ3n) is 4.72. The highest BCUT2D eigenvalue weighted by Crippen LogP contribution is 2.41. The van der Waals surface area contributed by atoms with E-state index in [2.05, 4.69) is 20.1 Å². The van der Waals surface area contributed by atoms with Crippen LogP contribution in [0.2, 0.25) is 0 Å². The van der Waals surface area contributed by atoms with Crippen molar-refractivity contribution >= 4 is 16.3 Å². The Kier molecular flexibility index (Phi) is 3.47. The summed E-state index contributed by atoms with van der Waals surface area (Å²) in [7, 11) is 0. The second kappa shape index (κ2) is 5.72. The van der Waals surface area contributed by atoms with E-state index in [1.165, 1.54) is 28.7 Å². The van der Waals surface area contributed by atoms with Gasteiger partial charge >= 0.3 is 0 Å². The smallest absolute Gasteiger partial charge is 0.275 e. The van der Waals surface area contributed by atoms with Crippen molar-refractivity contribution < 1.29 is 5.11 Å². The van der Waals surface area contributed by atoms with Crippen molar-refractivity contribution in [1.82, 2.24) is 29.3 Å². The minimum absolute atomic E-state index is 0.0380. The van der Waals surface area contributed by atoms with Gasteiger partial charge in [-0.25, -0.2) is 4.98 Å². The van der Waals surface area contributed by atoms with Crippen LogP contribution in [-0.4, -0.2) is 40.9 Å². The maximum absolute atomic E-state index is 12.3. The summed E-state index contributed by atoms with van der Waals surface area (Å²) < 4.78 is 3.37. The SMILES string of the molecule is O=c1cc(CN2CCn3nc(CO)cc3C2)nc2sc(C3CC3)nn12. The molecule has 0 spiro atoms. The topological polar surface area (TPSA) is 88.5 Å². The lowest BCUT2D eigenvalue weighted by Crippen LogP contribution is -2.34. The Morgan fingerprint density at radius 2 is 2.08 bits per heavy atom. The van der Waals surface area contributed by atoms with E-state index < -0.39 is 0 Å². The van der Waals surface area contributed by atoms with Crippen LogP contribution in [-0.2, 0) is 26.2 Å². The van der Waals surface area contributed by atoms with Crippen LogP contribution in [0.25, 0.3) is 4.96 Å². The molecular formula is C16H18N6O2S. The van der Waals surface area contributed by atoms with Crippen LogP contribution in [0.3, 0.4) is 0 Å². The third-order valence-corrected chi connectivity index (χ3v) is 5.79. The van der Waals surface area contributed by atoms with Crippen molar-refractivity contribution in [2.24, 2.45) is 0 Å². The molecular weight excluding hydrogens is 340 g/mol. The molecule has 25 heavy (non-hydrogen) atoms. The van der Waals surface area contributed by atoms with Gasteiger partial charge in [0, 0.05) is 31.6 Å². The lowest BCUT2D eigenvalue weighted by Gasteiger charge is -2.27. The average Bonchev–Trinajstić information content (AvgIpc) is 3.22. The molecule has 0 radical (unpaired) electrons. The van der Waals surface area contributed by atoms with E-state index in [-0.39, 0.29) is 12.2 Å². The normalized spacial score (nSPS) is 18.0. The fourth-order valence-electron chi connectivity index (χ4n) is 3.27. The van der Waals surface area contributed by atoms with Gasteiger partial charge in [0.15, 0.2) is 0 Å². The summed E-state index contributed by atoms with van der Waals surface area (Å²) in [6.07, 6.45) is 2.33. The number of nitrogens with zero attached hydrogens (tertiary/aromatic N) is 6. The summed E-state index contributed by atoms with van der Waals surface area (Å²) in [4.78, 5) is 19.9. The average molecular weight is 358 g/mol. The van der Waals surface area contributed by atoms with Crippen molar-refractivity contribution in [3.8, 4) is 0 Å². The molecule has 130 valence electrons. The molecule has 3 aromatic heterocycles. The predicted molar refractivity (Wildman–Crippen MR) is 91.4 cm³/mol. The molecule has 8 nitrogen and oxygen atoms in total. The first-order valence-electron chi connectivity index (χ1n) is 8.48. The van der Waals surface area contributed by atoms with Crippen molar-refractivity contribution in [2.75, 3.05) is 6.54 Å². The van der Waals surface area contributed by atoms with Gasteiger partial charge in [-0.15, -0.1) is 0 Å². The molecule has 0 amide bonds. The fourth-order valence-corrected chi connectivity index (χ4v) is 4.36. The Morgan fingerprint density at radius 1 is 1.20 bits per heavy atom. The molecule has 1 aliphatic carbocycles. The lowest BCUT2D eigenvalue weighted by molar-refractivity contribution is 0.202. The highest BCUT2D eigenvalue weighted by atomic mass is 32.1. The number of aromatic nitrogens is 5. The Hall–Kier alpha value is -2.10. The molecule has 1 saturated carbocycles. The lowest BCUT2D eigenvalue weighted by atomic mass is 10.2. The minimum atomic E-state index is -0.104. The predicted octanol–water partition coefficient (Wildman–Crippen LogP) is 0.733. The van der Waals surface area contributed by atoms with E-state index >= 15 is 0 Å². The molecule has 0 bridgehead atoms. The van der Waals surface area contributed by atoms with Crippen LogP contribution in [0.15, 0.2) is 16.9 Å². The van der Waals surface area contributed by atoms with Crippen LogP contribution >= 0.6 is 11.3 Å². The van der Waals surface area contributed by atoms with Gasteiger partial charge in [0.25, 0.3) is 5.56 Å². The number of hydrogen-bond acceptors (Lipinski definition) is 7. The molecule has 0 aromatic carbocycles. The first-order valence-corrected chi connectivity index (χ1v) is 9.30. The zero-order valence-corrected chi connectivity index (χ0v) is 14.4. The highest BCUT2D eigenvalue weighted by Gasteiger charge is 2.28. The molecule has 1 aliphatic heterocycles. The summed E-state index contributed by atoms with van der Waals surface area (Å²) in [6.45, 7) is 2.95. The first-order chi connectivity index (χ1) is 12.2. The van der Waals surface area contributed by atoms with Crippen LogP contribution in [0.5, 0.6) is 0 Å². The van der Waals surface area contributed by atoms with E-state index in [0.29, 0.717) is 23.1 Å². The van der Waals surface area contributed by atoms with E-state index in [4.69, 9.17) is 0 Å². The Balaban J connectivity index is 1.39. The summed E-state index contributed by atoms with van der Waals surface area (Å²) in [5, 5.41) is 19.0. The number of rotatable bonds is 4. The van der Waals surface area contributed by atoms with Crippen molar-refractivity contribution in [2.45, 2.75) is 45.0 Å². The second-order valence-corrected chi connectivity index (χ2v) is 7.70. The molecule has 5 rings (SSSR count). The summed E-state index contributed by atoms with van der Waals surface area (Å²) in [5.74, 6) is 0.526. The van der Waals surface area contributed by atoms with Crippen molar-refractivity contribution in [3.63, 3.8) is 0 Å². The number of aliphatic hydroxyl groups is 1. The summed E-state index contributed by atoms with van der Waals surface area (Å²) in [6, 6.07) is 3.53. The first kappa shape index (κ1) is 15.2. The Morgan fingerprint density at radius 3 is 2.88 bits per heavy atom. The highest BCUT2D eigenvalue weighted by molar-refractivity contribution is 7.16. The van der Waals surface area contributed by atoms with Crippen LogP contribution in [0.4, 0.5) is 0 Å². The van der Waals surface area contributed by atoms with Crippen molar-refractivity contribution in [1.29, 1.82) is 0 Å². The second-order valence-electron chi connectivity index (χ2n) is 6.71. The van der Waals surface area contributed by atoms with Crippen LogP contribution in [0.1, 0.15) is 40.8 Å². The molecule has 9 heteroatoms. The van der Waals surface area contributed by atoms with E-state index in [9.17, 15) is 9.90 Å². The number of hydrogen-bond donors (Lipinski definition) is 1. The zero-order chi connectivity index (χ0) is 17.0. The van der Waals surface area contributed by atoms with E-state index in [0.717, 1.165) is 36.0 Å². The maximum atomic E-state index is 12.3. The molecule has 1 N–H and O–H groups in total. The van der Waals surface area contributed by atoms with Crippen LogP contribution < -0.4 is 5.56 Å². The molecule has 0 saturated heterocycles. The van der Waals surface area contributed by atoms with Crippen molar-refractivity contribution in [3.05, 3.63) is 44.6 Å². The third kappa shape index (κ3) is 2.78. The van der Waals surface area contributed by atoms with Gasteiger partial charge in [0.1, 0.15) is 5.01 Å². The summed E-state index contributed by atoms with van der Waals surface area (Å²) >= 11 is 1.53. The Labute approximate surface area is 147 Å². The number of aliphatic hydroxyl groups excluding tert-OH is 1. The molecule has 2 aliphatic rings. The molecule has 0 atom stereocenters. The number of fused-ring (bicyclic) bond motifs is 2. The van der Waals surface area contributed by atoms with Gasteiger partial charge < -0.3 is 5.11 Å². The maximum Gasteiger partial charge on any atom is 0.275 e. The zero-order valence-electron chi connectivity index (χ0n) is 13.6. The Bertz CT molecular complexity index is 1000. The summed E-state index contributed by atoms with van der Waals surface area (Å²) in [5.41, 5.74) is 2.47. The quantitative estimate of drug-likeness (QED) is 0.740. The van der Waals surface area contributed by atoms with Gasteiger partial charge in [-0.2, -0.15) is 14.7 Å². The molecule has 1 fully saturated rings. The van der Waals surface area contributed by atoms with Gasteiger partial charge in [-0.05, 0) is 18.9 Å². The van der Waals surface area contributed by atoms with Gasteiger partial charge in [-0.1, -0.05) is 11.3 Å². The monoisotopic (exact) mass is 358 g/mol. The van der Waals surface area contributed by atoms with Crippen LogP contribution in [0, 0.1) is 0 Å². The standard InChI is InChI=1S/C16H18N6O2S/c23-9-12-5-13-8-20(3-4-21(13)18-12)7-11-6-14(24)22-16(17-11)25-15(19-22)10-1-2-10/h5-6,10,23H,1-4,7-9H2. The van der Waals surface area contributed by atoms with Gasteiger partial charge in [-0.3, -0.25) is 14.4 Å². The minimum Gasteiger partial charge on any atom is -0.390 e. The van der Waals surface area contributed by atoms with Gasteiger partial charge in [0.05, 0.1) is 30.2 Å². The molecule has 4 heterocycles. The molecule has 3 aromatic rings. The largest absolute Gasteiger partial charge is 0.390 e.